The summed E-state index contributed by atoms with van der Waals surface area (Å²) in [5.41, 5.74) is 1.70. The number of hydrogen-bond acceptors (Lipinski definition) is 5. The Morgan fingerprint density at radius 2 is 2.06 bits per heavy atom. The van der Waals surface area contributed by atoms with Crippen LogP contribution in [-0.4, -0.2) is 13.7 Å². The first-order valence-corrected chi connectivity index (χ1v) is 6.29. The van der Waals surface area contributed by atoms with Crippen LogP contribution in [-0.2, 0) is 11.4 Å². The van der Waals surface area contributed by atoms with E-state index in [9.17, 15) is 8.76 Å². The van der Waals surface area contributed by atoms with Crippen molar-refractivity contribution in [2.75, 3.05) is 0 Å². The summed E-state index contributed by atoms with van der Waals surface area (Å²) in [5, 5.41) is 0.143. The lowest BCUT2D eigenvalue weighted by atomic mass is 10.1. The van der Waals surface area contributed by atoms with Crippen molar-refractivity contribution in [1.82, 2.24) is 4.98 Å². The highest BCUT2D eigenvalue weighted by molar-refractivity contribution is 7.74. The zero-order chi connectivity index (χ0) is 11.5. The van der Waals surface area contributed by atoms with Gasteiger partial charge in [-0.2, -0.15) is 0 Å². The molecule has 0 bridgehead atoms. The molecule has 6 heteroatoms. The molecule has 1 heterocycles. The summed E-state index contributed by atoms with van der Waals surface area (Å²) in [5.74, 6) is 0. The van der Waals surface area contributed by atoms with Crippen molar-refractivity contribution in [2.24, 2.45) is 0 Å². The molecule has 0 amide bonds. The molecule has 0 aliphatic carbocycles. The third kappa shape index (κ3) is 2.46. The van der Waals surface area contributed by atoms with Crippen molar-refractivity contribution in [2.45, 2.75) is 6.92 Å². The average molecular weight is 254 g/mol. The number of aromatic nitrogens is 1. The molecular weight excluding hydrogens is 246 g/mol. The van der Waals surface area contributed by atoms with Gasteiger partial charge in [-0.1, -0.05) is 41.7 Å². The predicted molar refractivity (Wildman–Crippen MR) is 61.8 cm³/mol. The summed E-state index contributed by atoms with van der Waals surface area (Å²) in [4.78, 5) is 5.05. The van der Waals surface area contributed by atoms with Crippen LogP contribution in [0.2, 0.25) is 0 Å². The van der Waals surface area contributed by atoms with Gasteiger partial charge in [0.2, 0.25) is 0 Å². The topological polar surface area (TPSA) is 62.2 Å². The van der Waals surface area contributed by atoms with Crippen LogP contribution in [0, 0.1) is 6.92 Å². The highest BCUT2D eigenvalue weighted by atomic mass is 32.2. The zero-order valence-corrected chi connectivity index (χ0v) is 10.0. The monoisotopic (exact) mass is 254 g/mol. The summed E-state index contributed by atoms with van der Waals surface area (Å²) < 4.78 is 25.3. The van der Waals surface area contributed by atoms with E-state index in [-0.39, 0.29) is 5.19 Å². The molecule has 2 rings (SSSR count). The fourth-order valence-electron chi connectivity index (χ4n) is 1.33. The lowest BCUT2D eigenvalue weighted by molar-refractivity contribution is 0.439. The average Bonchev–Trinajstić information content (AvgIpc) is 2.60. The molecule has 1 unspecified atom stereocenters. The summed E-state index contributed by atoms with van der Waals surface area (Å²) in [6.45, 7) is 1.88. The second-order valence-electron chi connectivity index (χ2n) is 3.04. The maximum absolute atomic E-state index is 10.4. The van der Waals surface area contributed by atoms with Crippen molar-refractivity contribution in [3.8, 4) is 16.5 Å². The first kappa shape index (κ1) is 11.3. The normalized spacial score (nSPS) is 12.4. The van der Waals surface area contributed by atoms with Crippen LogP contribution in [0.1, 0.15) is 4.88 Å². The number of aryl methyl sites for hydroxylation is 1. The second-order valence-corrected chi connectivity index (χ2v) is 4.78. The van der Waals surface area contributed by atoms with E-state index in [0.29, 0.717) is 0 Å². The van der Waals surface area contributed by atoms with E-state index in [2.05, 4.69) is 9.17 Å². The van der Waals surface area contributed by atoms with Crippen LogP contribution >= 0.6 is 11.3 Å². The van der Waals surface area contributed by atoms with Gasteiger partial charge < -0.3 is 8.74 Å². The molecule has 1 atom stereocenters. The van der Waals surface area contributed by atoms with Gasteiger partial charge in [0.1, 0.15) is 11.4 Å². The first-order valence-electron chi connectivity index (χ1n) is 4.47. The number of benzene rings is 1. The molecule has 0 spiro atoms. The van der Waals surface area contributed by atoms with E-state index in [1.807, 2.05) is 37.3 Å². The van der Waals surface area contributed by atoms with Crippen LogP contribution in [0.3, 0.4) is 0 Å². The Kier molecular flexibility index (Phi) is 3.33. The number of hydrogen-bond donors (Lipinski definition) is 0. The van der Waals surface area contributed by atoms with Gasteiger partial charge in [0, 0.05) is 10.4 Å². The summed E-state index contributed by atoms with van der Waals surface area (Å²) in [7, 11) is 0. The molecule has 0 fully saturated rings. The Morgan fingerprint density at radius 1 is 1.38 bits per heavy atom. The molecule has 0 aliphatic heterocycles. The summed E-state index contributed by atoms with van der Waals surface area (Å²) >= 11 is -1.36. The van der Waals surface area contributed by atoms with Gasteiger partial charge in [0.05, 0.1) is 5.69 Å². The minimum absolute atomic E-state index is 0.143. The third-order valence-electron chi connectivity index (χ3n) is 1.96. The van der Waals surface area contributed by atoms with Gasteiger partial charge in [-0.05, 0) is 6.92 Å². The predicted octanol–water partition coefficient (Wildman–Crippen LogP) is 2.29. The van der Waals surface area contributed by atoms with Crippen LogP contribution in [0.25, 0.3) is 11.3 Å². The Morgan fingerprint density at radius 3 is 2.69 bits per heavy atom. The van der Waals surface area contributed by atoms with Crippen molar-refractivity contribution < 1.29 is 12.9 Å². The smallest absolute Gasteiger partial charge is 0.288 e. The molecule has 0 radical (unpaired) electrons. The van der Waals surface area contributed by atoms with Crippen LogP contribution in [0.5, 0.6) is 5.19 Å². The quantitative estimate of drug-likeness (QED) is 0.788. The number of nitrogens with zero attached hydrogens (tertiary/aromatic N) is 1. The van der Waals surface area contributed by atoms with Crippen molar-refractivity contribution in [3.05, 3.63) is 35.2 Å². The number of rotatable bonds is 3. The van der Waals surface area contributed by atoms with E-state index in [1.165, 1.54) is 11.3 Å². The summed E-state index contributed by atoms with van der Waals surface area (Å²) in [6.07, 6.45) is 0. The molecule has 0 saturated heterocycles. The highest BCUT2D eigenvalue weighted by Gasteiger charge is 2.10. The largest absolute Gasteiger partial charge is 0.740 e. The van der Waals surface area contributed by atoms with Crippen molar-refractivity contribution in [3.63, 3.8) is 0 Å². The van der Waals surface area contributed by atoms with Gasteiger partial charge >= 0.3 is 0 Å². The fourth-order valence-corrected chi connectivity index (χ4v) is 2.45. The van der Waals surface area contributed by atoms with Crippen LogP contribution in [0.15, 0.2) is 30.3 Å². The minimum Gasteiger partial charge on any atom is -0.740 e. The van der Waals surface area contributed by atoms with E-state index in [1.54, 1.807) is 0 Å². The first-order chi connectivity index (χ1) is 7.66. The van der Waals surface area contributed by atoms with E-state index in [4.69, 9.17) is 0 Å². The highest BCUT2D eigenvalue weighted by Crippen LogP contribution is 2.31. The molecule has 1 aromatic carbocycles. The lowest BCUT2D eigenvalue weighted by Gasteiger charge is -2.01. The molecule has 84 valence electrons. The molecule has 2 aromatic rings. The van der Waals surface area contributed by atoms with Crippen molar-refractivity contribution >= 4 is 22.7 Å². The molecule has 0 saturated carbocycles. The summed E-state index contributed by atoms with van der Waals surface area (Å²) in [6, 6.07) is 9.55. The number of thiazole rings is 1. The lowest BCUT2D eigenvalue weighted by Crippen LogP contribution is -1.96. The molecule has 16 heavy (non-hydrogen) atoms. The Balaban J connectivity index is 2.36. The third-order valence-corrected chi connectivity index (χ3v) is 3.21. The maximum atomic E-state index is 10.4. The molecule has 0 N–H and O–H groups in total. The zero-order valence-electron chi connectivity index (χ0n) is 8.38. The van der Waals surface area contributed by atoms with Crippen molar-refractivity contribution in [1.29, 1.82) is 0 Å². The van der Waals surface area contributed by atoms with Gasteiger partial charge in [-0.25, -0.2) is 9.19 Å². The maximum Gasteiger partial charge on any atom is 0.288 e. The molecule has 1 aromatic heterocycles. The van der Waals surface area contributed by atoms with E-state index in [0.717, 1.165) is 16.1 Å². The Labute approximate surface area is 99.4 Å². The Bertz CT molecular complexity index is 510. The van der Waals surface area contributed by atoms with Gasteiger partial charge in [-0.3, -0.25) is 0 Å². The van der Waals surface area contributed by atoms with Gasteiger partial charge in [0.25, 0.3) is 5.19 Å². The van der Waals surface area contributed by atoms with Crippen LogP contribution in [0.4, 0.5) is 0 Å². The fraction of sp³-hybridized carbons (Fsp3) is 0.100. The minimum atomic E-state index is -2.57. The molecular formula is C10H8NO3S2-. The van der Waals surface area contributed by atoms with E-state index < -0.39 is 11.4 Å². The second kappa shape index (κ2) is 4.73. The SMILES string of the molecule is Cc1sc(OS(=O)[O-])nc1-c1ccccc1. The van der Waals surface area contributed by atoms with Crippen LogP contribution < -0.4 is 4.18 Å². The van der Waals surface area contributed by atoms with Gasteiger partial charge in [-0.15, -0.1) is 0 Å². The van der Waals surface area contributed by atoms with Gasteiger partial charge in [0.15, 0.2) is 0 Å². The molecule has 0 aliphatic rings. The molecule has 4 nitrogen and oxygen atoms in total. The van der Waals surface area contributed by atoms with E-state index >= 15 is 0 Å². The standard InChI is InChI=1S/C10H9NO3S2/c1-7-9(8-5-3-2-4-6-8)11-10(15-7)14-16(12)13/h2-6H,1H3,(H,12,13)/p-1. The Hall–Kier alpha value is -1.24.